The first-order chi connectivity index (χ1) is 7.02. The third-order valence-electron chi connectivity index (χ3n) is 1.77. The number of carbonyl (C=O) groups is 1. The Hall–Kier alpha value is -0.940. The fourth-order valence-electron chi connectivity index (χ4n) is 1.13. The molecule has 0 heterocycles. The lowest BCUT2D eigenvalue weighted by Gasteiger charge is -2.13. The van der Waals surface area contributed by atoms with E-state index in [9.17, 15) is 4.79 Å². The van der Waals surface area contributed by atoms with Crippen LogP contribution in [0.3, 0.4) is 0 Å². The minimum Gasteiger partial charge on any atom is -0.492 e. The van der Waals surface area contributed by atoms with Gasteiger partial charge < -0.3 is 14.6 Å². The maximum atomic E-state index is 10.9. The zero-order valence-electron chi connectivity index (χ0n) is 8.01. The second-order valence-electron chi connectivity index (χ2n) is 2.59. The van der Waals surface area contributed by atoms with Gasteiger partial charge in [0.05, 0.1) is 23.7 Å². The molecule has 0 amide bonds. The average Bonchev–Trinajstić information content (AvgIpc) is 2.20. The summed E-state index contributed by atoms with van der Waals surface area (Å²) in [5, 5.41) is 9.18. The fraction of sp³-hybridized carbons (Fsp3) is 0.222. The van der Waals surface area contributed by atoms with Gasteiger partial charge in [0.15, 0.2) is 11.5 Å². The van der Waals surface area contributed by atoms with E-state index in [1.54, 1.807) is 0 Å². The Balaban J connectivity index is 3.54. The van der Waals surface area contributed by atoms with E-state index in [4.69, 9.17) is 26.2 Å². The molecule has 0 bridgehead atoms. The van der Waals surface area contributed by atoms with Crippen LogP contribution >= 0.6 is 27.5 Å². The molecule has 1 rings (SSSR count). The summed E-state index contributed by atoms with van der Waals surface area (Å²) in [6, 6.07) is 1.30. The normalized spacial score (nSPS) is 9.87. The van der Waals surface area contributed by atoms with Gasteiger partial charge in [0.25, 0.3) is 0 Å². The molecule has 0 atom stereocenters. The molecule has 0 aliphatic heterocycles. The first-order valence-electron chi connectivity index (χ1n) is 3.86. The number of carboxylic acid groups (broad SMARTS) is 1. The standard InChI is InChI=1S/C9H8BrClO4/c1-14-7-4(9(12)13)3-5(11)6(10)8(7)15-2/h3H,1-2H3,(H,12,13). The van der Waals surface area contributed by atoms with Crippen molar-refractivity contribution in [3.8, 4) is 11.5 Å². The van der Waals surface area contributed by atoms with Gasteiger partial charge >= 0.3 is 5.97 Å². The van der Waals surface area contributed by atoms with Gasteiger partial charge in [-0.15, -0.1) is 0 Å². The molecule has 0 fully saturated rings. The van der Waals surface area contributed by atoms with Gasteiger partial charge in [-0.05, 0) is 22.0 Å². The van der Waals surface area contributed by atoms with Crippen LogP contribution in [0.5, 0.6) is 11.5 Å². The summed E-state index contributed by atoms with van der Waals surface area (Å²) in [4.78, 5) is 10.9. The van der Waals surface area contributed by atoms with Crippen LogP contribution in [0.15, 0.2) is 10.5 Å². The van der Waals surface area contributed by atoms with Crippen LogP contribution in [-0.2, 0) is 0 Å². The number of hydrogen-bond acceptors (Lipinski definition) is 3. The van der Waals surface area contributed by atoms with Crippen molar-refractivity contribution in [1.82, 2.24) is 0 Å². The highest BCUT2D eigenvalue weighted by atomic mass is 79.9. The van der Waals surface area contributed by atoms with E-state index in [2.05, 4.69) is 15.9 Å². The molecule has 0 unspecified atom stereocenters. The number of halogens is 2. The molecule has 1 N–H and O–H groups in total. The molecule has 0 saturated heterocycles. The summed E-state index contributed by atoms with van der Waals surface area (Å²) in [6.45, 7) is 0. The van der Waals surface area contributed by atoms with E-state index in [1.807, 2.05) is 0 Å². The van der Waals surface area contributed by atoms with Crippen LogP contribution in [0.1, 0.15) is 10.4 Å². The molecule has 4 nitrogen and oxygen atoms in total. The van der Waals surface area contributed by atoms with Crippen LogP contribution in [0.4, 0.5) is 0 Å². The third kappa shape index (κ3) is 2.18. The van der Waals surface area contributed by atoms with E-state index >= 15 is 0 Å². The predicted octanol–water partition coefficient (Wildman–Crippen LogP) is 2.82. The number of benzene rings is 1. The Morgan fingerprint density at radius 3 is 2.33 bits per heavy atom. The summed E-state index contributed by atoms with van der Waals surface area (Å²) in [6.07, 6.45) is 0. The van der Waals surface area contributed by atoms with E-state index in [0.717, 1.165) is 0 Å². The summed E-state index contributed by atoms with van der Waals surface area (Å²) < 4.78 is 10.5. The van der Waals surface area contributed by atoms with Crippen LogP contribution in [0, 0.1) is 0 Å². The van der Waals surface area contributed by atoms with Crippen molar-refractivity contribution in [3.63, 3.8) is 0 Å². The quantitative estimate of drug-likeness (QED) is 0.931. The van der Waals surface area contributed by atoms with Crippen molar-refractivity contribution in [2.75, 3.05) is 14.2 Å². The molecule has 15 heavy (non-hydrogen) atoms. The smallest absolute Gasteiger partial charge is 0.339 e. The molecular weight excluding hydrogens is 287 g/mol. The van der Waals surface area contributed by atoms with Crippen molar-refractivity contribution in [1.29, 1.82) is 0 Å². The van der Waals surface area contributed by atoms with Gasteiger partial charge in [0.2, 0.25) is 0 Å². The van der Waals surface area contributed by atoms with E-state index < -0.39 is 5.97 Å². The fourth-order valence-corrected chi connectivity index (χ4v) is 1.78. The number of ether oxygens (including phenoxy) is 2. The Labute approximate surface area is 99.9 Å². The lowest BCUT2D eigenvalue weighted by molar-refractivity contribution is 0.0692. The minimum absolute atomic E-state index is 0.0393. The van der Waals surface area contributed by atoms with Gasteiger partial charge in [-0.3, -0.25) is 0 Å². The highest BCUT2D eigenvalue weighted by Crippen LogP contribution is 2.42. The number of rotatable bonds is 3. The summed E-state index contributed by atoms with van der Waals surface area (Å²) in [5.41, 5.74) is -0.0393. The van der Waals surface area contributed by atoms with Crippen molar-refractivity contribution >= 4 is 33.5 Å². The lowest BCUT2D eigenvalue weighted by atomic mass is 10.2. The largest absolute Gasteiger partial charge is 0.492 e. The van der Waals surface area contributed by atoms with Gasteiger partial charge in [0, 0.05) is 0 Å². The van der Waals surface area contributed by atoms with Crippen molar-refractivity contribution in [3.05, 3.63) is 21.1 Å². The zero-order chi connectivity index (χ0) is 11.6. The molecule has 0 aliphatic carbocycles. The minimum atomic E-state index is -1.13. The molecule has 0 saturated carbocycles. The van der Waals surface area contributed by atoms with Crippen LogP contribution in [0.25, 0.3) is 0 Å². The summed E-state index contributed by atoms with van der Waals surface area (Å²) >= 11 is 9.01. The van der Waals surface area contributed by atoms with E-state index in [0.29, 0.717) is 4.47 Å². The summed E-state index contributed by atoms with van der Waals surface area (Å²) in [7, 11) is 2.77. The molecule has 1 aromatic rings. The first kappa shape index (κ1) is 12.1. The van der Waals surface area contributed by atoms with Gasteiger partial charge in [-0.1, -0.05) is 11.6 Å². The number of methoxy groups -OCH3 is 2. The van der Waals surface area contributed by atoms with Gasteiger partial charge in [-0.2, -0.15) is 0 Å². The molecule has 0 aromatic heterocycles. The molecule has 6 heteroatoms. The van der Waals surface area contributed by atoms with E-state index in [1.165, 1.54) is 20.3 Å². The molecule has 0 spiro atoms. The number of aromatic carboxylic acids is 1. The second-order valence-corrected chi connectivity index (χ2v) is 3.79. The lowest BCUT2D eigenvalue weighted by Crippen LogP contribution is -2.03. The Kier molecular flexibility index (Phi) is 3.82. The molecule has 1 aromatic carbocycles. The second kappa shape index (κ2) is 4.72. The topological polar surface area (TPSA) is 55.8 Å². The Morgan fingerprint density at radius 2 is 1.93 bits per heavy atom. The van der Waals surface area contributed by atoms with Crippen LogP contribution < -0.4 is 9.47 Å². The van der Waals surface area contributed by atoms with Crippen molar-refractivity contribution in [2.45, 2.75) is 0 Å². The average molecular weight is 296 g/mol. The van der Waals surface area contributed by atoms with Gasteiger partial charge in [0.1, 0.15) is 5.56 Å². The third-order valence-corrected chi connectivity index (χ3v) is 3.08. The van der Waals surface area contributed by atoms with Gasteiger partial charge in [-0.25, -0.2) is 4.79 Å². The molecule has 82 valence electrons. The zero-order valence-corrected chi connectivity index (χ0v) is 10.3. The molecule has 0 aliphatic rings. The molecular formula is C9H8BrClO4. The highest BCUT2D eigenvalue weighted by molar-refractivity contribution is 9.10. The first-order valence-corrected chi connectivity index (χ1v) is 5.03. The maximum absolute atomic E-state index is 10.9. The van der Waals surface area contributed by atoms with E-state index in [-0.39, 0.29) is 22.1 Å². The monoisotopic (exact) mass is 294 g/mol. The Morgan fingerprint density at radius 1 is 1.40 bits per heavy atom. The SMILES string of the molecule is COc1c(C(=O)O)cc(Cl)c(Br)c1OC. The maximum Gasteiger partial charge on any atom is 0.339 e. The van der Waals surface area contributed by atoms with Crippen molar-refractivity contribution in [2.24, 2.45) is 0 Å². The van der Waals surface area contributed by atoms with Crippen LogP contribution in [0.2, 0.25) is 5.02 Å². The molecule has 0 radical (unpaired) electrons. The predicted molar refractivity (Wildman–Crippen MR) is 59.2 cm³/mol. The van der Waals surface area contributed by atoms with Crippen molar-refractivity contribution < 1.29 is 19.4 Å². The van der Waals surface area contributed by atoms with Crippen LogP contribution in [-0.4, -0.2) is 25.3 Å². The Bertz CT molecular complexity index is 406. The summed E-state index contributed by atoms with van der Waals surface area (Å²) in [5.74, 6) is -0.719. The number of carboxylic acids is 1. The number of hydrogen-bond donors (Lipinski definition) is 1. The highest BCUT2D eigenvalue weighted by Gasteiger charge is 2.21.